The first-order valence-corrected chi connectivity index (χ1v) is 7.52. The molecule has 1 aromatic rings. The van der Waals surface area contributed by atoms with Crippen LogP contribution in [0, 0.1) is 0 Å². The van der Waals surface area contributed by atoms with Gasteiger partial charge in [0.25, 0.3) is 5.91 Å². The van der Waals surface area contributed by atoms with Crippen LogP contribution in [-0.2, 0) is 14.3 Å². The molecule has 21 heavy (non-hydrogen) atoms. The lowest BCUT2D eigenvalue weighted by Gasteiger charge is -2.16. The standard InChI is InChI=1S/C16H20N2O3/c19-15-11-14(17-9-8-13-7-4-10-21-13)16(20)18(15)12-5-2-1-3-6-12/h1-3,5-6,13-14,17H,4,7-11H2. The quantitative estimate of drug-likeness (QED) is 0.834. The summed E-state index contributed by atoms with van der Waals surface area (Å²) >= 11 is 0. The van der Waals surface area contributed by atoms with Crippen molar-refractivity contribution >= 4 is 17.5 Å². The number of ether oxygens (including phenoxy) is 1. The highest BCUT2D eigenvalue weighted by Crippen LogP contribution is 2.22. The highest BCUT2D eigenvalue weighted by Gasteiger charge is 2.39. The fraction of sp³-hybridized carbons (Fsp3) is 0.500. The van der Waals surface area contributed by atoms with E-state index in [0.29, 0.717) is 18.3 Å². The molecule has 2 aliphatic rings. The Morgan fingerprint density at radius 2 is 2.05 bits per heavy atom. The van der Waals surface area contributed by atoms with Gasteiger partial charge in [0.05, 0.1) is 24.3 Å². The summed E-state index contributed by atoms with van der Waals surface area (Å²) in [5.74, 6) is -0.292. The summed E-state index contributed by atoms with van der Waals surface area (Å²) in [6.07, 6.45) is 3.64. The molecule has 0 spiro atoms. The Labute approximate surface area is 124 Å². The van der Waals surface area contributed by atoms with E-state index >= 15 is 0 Å². The largest absolute Gasteiger partial charge is 0.378 e. The number of carbonyl (C=O) groups is 2. The maximum atomic E-state index is 12.4. The van der Waals surface area contributed by atoms with E-state index in [1.165, 1.54) is 4.90 Å². The maximum Gasteiger partial charge on any atom is 0.251 e. The van der Waals surface area contributed by atoms with Crippen LogP contribution in [0.5, 0.6) is 0 Å². The summed E-state index contributed by atoms with van der Waals surface area (Å²) in [6.45, 7) is 1.55. The first-order valence-electron chi connectivity index (χ1n) is 7.52. The summed E-state index contributed by atoms with van der Waals surface area (Å²) in [4.78, 5) is 25.7. The molecular formula is C16H20N2O3. The normalized spacial score (nSPS) is 25.8. The number of para-hydroxylation sites is 1. The van der Waals surface area contributed by atoms with Crippen molar-refractivity contribution in [2.45, 2.75) is 37.8 Å². The van der Waals surface area contributed by atoms with E-state index in [9.17, 15) is 9.59 Å². The predicted molar refractivity (Wildman–Crippen MR) is 78.9 cm³/mol. The topological polar surface area (TPSA) is 58.6 Å². The fourth-order valence-electron chi connectivity index (χ4n) is 2.93. The molecule has 0 bridgehead atoms. The second-order valence-electron chi connectivity index (χ2n) is 5.54. The number of hydrogen-bond acceptors (Lipinski definition) is 4. The summed E-state index contributed by atoms with van der Waals surface area (Å²) in [7, 11) is 0. The van der Waals surface area contributed by atoms with E-state index in [0.717, 1.165) is 25.9 Å². The van der Waals surface area contributed by atoms with E-state index in [2.05, 4.69) is 5.32 Å². The number of rotatable bonds is 5. The zero-order valence-corrected chi connectivity index (χ0v) is 12.0. The number of nitrogens with one attached hydrogen (secondary N) is 1. The average Bonchev–Trinajstić information content (AvgIpc) is 3.09. The Balaban J connectivity index is 1.56. The van der Waals surface area contributed by atoms with Gasteiger partial charge in [0.1, 0.15) is 0 Å². The van der Waals surface area contributed by atoms with Crippen LogP contribution in [0.2, 0.25) is 0 Å². The van der Waals surface area contributed by atoms with Crippen molar-refractivity contribution in [3.05, 3.63) is 30.3 Å². The summed E-state index contributed by atoms with van der Waals surface area (Å²) < 4.78 is 5.55. The van der Waals surface area contributed by atoms with Crippen LogP contribution in [0.4, 0.5) is 5.69 Å². The molecule has 1 aromatic carbocycles. The predicted octanol–water partition coefficient (Wildman–Crippen LogP) is 1.48. The Morgan fingerprint density at radius 3 is 2.76 bits per heavy atom. The number of hydrogen-bond donors (Lipinski definition) is 1. The molecule has 2 saturated heterocycles. The molecule has 2 aliphatic heterocycles. The van der Waals surface area contributed by atoms with Crippen LogP contribution in [0.25, 0.3) is 0 Å². The van der Waals surface area contributed by atoms with Crippen LogP contribution >= 0.6 is 0 Å². The third-order valence-corrected chi connectivity index (χ3v) is 4.04. The highest BCUT2D eigenvalue weighted by molar-refractivity contribution is 6.22. The van der Waals surface area contributed by atoms with Crippen molar-refractivity contribution in [3.63, 3.8) is 0 Å². The van der Waals surface area contributed by atoms with Gasteiger partial charge in [-0.2, -0.15) is 0 Å². The van der Waals surface area contributed by atoms with Gasteiger partial charge in [-0.3, -0.25) is 9.59 Å². The zero-order valence-electron chi connectivity index (χ0n) is 12.0. The van der Waals surface area contributed by atoms with E-state index in [-0.39, 0.29) is 18.2 Å². The molecule has 1 N–H and O–H groups in total. The van der Waals surface area contributed by atoms with Gasteiger partial charge in [-0.05, 0) is 37.9 Å². The third kappa shape index (κ3) is 3.14. The van der Waals surface area contributed by atoms with Gasteiger partial charge < -0.3 is 10.1 Å². The smallest absolute Gasteiger partial charge is 0.251 e. The van der Waals surface area contributed by atoms with Crippen molar-refractivity contribution in [2.75, 3.05) is 18.1 Å². The summed E-state index contributed by atoms with van der Waals surface area (Å²) in [5, 5.41) is 3.20. The van der Waals surface area contributed by atoms with Gasteiger partial charge >= 0.3 is 0 Å². The molecule has 0 aromatic heterocycles. The molecule has 2 heterocycles. The second kappa shape index (κ2) is 6.37. The van der Waals surface area contributed by atoms with Crippen LogP contribution in [-0.4, -0.2) is 37.1 Å². The minimum Gasteiger partial charge on any atom is -0.378 e. The third-order valence-electron chi connectivity index (χ3n) is 4.04. The lowest BCUT2D eigenvalue weighted by atomic mass is 10.1. The van der Waals surface area contributed by atoms with E-state index in [4.69, 9.17) is 4.74 Å². The second-order valence-corrected chi connectivity index (χ2v) is 5.54. The number of imide groups is 1. The van der Waals surface area contributed by atoms with E-state index in [1.54, 1.807) is 12.1 Å². The number of anilines is 1. The number of amides is 2. The Hall–Kier alpha value is -1.72. The number of nitrogens with zero attached hydrogens (tertiary/aromatic N) is 1. The lowest BCUT2D eigenvalue weighted by Crippen LogP contribution is -2.39. The molecule has 5 nitrogen and oxygen atoms in total. The van der Waals surface area contributed by atoms with Crippen LogP contribution in [0.1, 0.15) is 25.7 Å². The highest BCUT2D eigenvalue weighted by atomic mass is 16.5. The monoisotopic (exact) mass is 288 g/mol. The minimum atomic E-state index is -0.404. The number of benzene rings is 1. The van der Waals surface area contributed by atoms with E-state index < -0.39 is 6.04 Å². The van der Waals surface area contributed by atoms with Crippen LogP contribution in [0.3, 0.4) is 0 Å². The molecule has 2 atom stereocenters. The molecule has 0 saturated carbocycles. The Morgan fingerprint density at radius 1 is 1.24 bits per heavy atom. The van der Waals surface area contributed by atoms with Gasteiger partial charge in [0.15, 0.2) is 0 Å². The van der Waals surface area contributed by atoms with E-state index in [1.807, 2.05) is 18.2 Å². The van der Waals surface area contributed by atoms with Gasteiger partial charge in [-0.15, -0.1) is 0 Å². The molecule has 0 aliphatic carbocycles. The average molecular weight is 288 g/mol. The van der Waals surface area contributed by atoms with Crippen LogP contribution in [0.15, 0.2) is 30.3 Å². The Kier molecular flexibility index (Phi) is 4.31. The van der Waals surface area contributed by atoms with Gasteiger partial charge in [-0.25, -0.2) is 4.90 Å². The SMILES string of the molecule is O=C1CC(NCCC2CCCO2)C(=O)N1c1ccccc1. The molecule has 3 rings (SSSR count). The van der Waals surface area contributed by atoms with Crippen molar-refractivity contribution in [2.24, 2.45) is 0 Å². The molecule has 2 fully saturated rings. The molecule has 0 radical (unpaired) electrons. The maximum absolute atomic E-state index is 12.4. The van der Waals surface area contributed by atoms with Gasteiger partial charge in [-0.1, -0.05) is 18.2 Å². The van der Waals surface area contributed by atoms with Crippen molar-refractivity contribution < 1.29 is 14.3 Å². The van der Waals surface area contributed by atoms with Crippen LogP contribution < -0.4 is 10.2 Å². The van der Waals surface area contributed by atoms with Crippen molar-refractivity contribution in [3.8, 4) is 0 Å². The molecule has 2 unspecified atom stereocenters. The zero-order chi connectivity index (χ0) is 14.7. The van der Waals surface area contributed by atoms with Gasteiger partial charge in [0.2, 0.25) is 5.91 Å². The first kappa shape index (κ1) is 14.2. The minimum absolute atomic E-state index is 0.138. The van der Waals surface area contributed by atoms with Crippen molar-refractivity contribution in [1.29, 1.82) is 0 Å². The molecule has 2 amide bonds. The summed E-state index contributed by atoms with van der Waals surface area (Å²) in [5.41, 5.74) is 0.649. The molecule has 5 heteroatoms. The Bertz CT molecular complexity index is 512. The van der Waals surface area contributed by atoms with Gasteiger partial charge in [0, 0.05) is 6.61 Å². The van der Waals surface area contributed by atoms with Crippen molar-refractivity contribution in [1.82, 2.24) is 5.32 Å². The molecule has 112 valence electrons. The lowest BCUT2D eigenvalue weighted by molar-refractivity contribution is -0.121. The fourth-order valence-corrected chi connectivity index (χ4v) is 2.93. The molecular weight excluding hydrogens is 268 g/mol. The number of carbonyl (C=O) groups excluding carboxylic acids is 2. The first-order chi connectivity index (χ1) is 10.3. The summed E-state index contributed by atoms with van der Waals surface area (Å²) in [6, 6.07) is 8.68.